The monoisotopic (exact) mass is 354 g/mol. The van der Waals surface area contributed by atoms with E-state index >= 15 is 0 Å². The molecule has 0 aliphatic heterocycles. The largest absolute Gasteiger partial charge is 0.422 e. The molecule has 2 aromatic carbocycles. The number of fused-ring (bicyclic) bond motifs is 1. The molecule has 136 valence electrons. The molecular formula is C19H22N4O3. The van der Waals surface area contributed by atoms with Crippen molar-refractivity contribution in [2.45, 2.75) is 13.3 Å². The van der Waals surface area contributed by atoms with E-state index in [2.05, 4.69) is 0 Å². The van der Waals surface area contributed by atoms with Crippen molar-refractivity contribution in [1.82, 2.24) is 9.13 Å². The fourth-order valence-electron chi connectivity index (χ4n) is 2.85. The number of esters is 1. The number of nitrogens with two attached hydrogens (primary N) is 1. The minimum absolute atomic E-state index is 0.200. The van der Waals surface area contributed by atoms with Crippen molar-refractivity contribution in [1.29, 1.82) is 0 Å². The van der Waals surface area contributed by atoms with Gasteiger partial charge in [-0.2, -0.15) is 0 Å². The molecule has 3 rings (SSSR count). The molecule has 1 aromatic heterocycles. The number of ether oxygens (including phenoxy) is 1. The van der Waals surface area contributed by atoms with E-state index in [-0.39, 0.29) is 17.9 Å². The number of benzene rings is 2. The number of aryl methyl sites for hydroxylation is 1. The molecule has 26 heavy (non-hydrogen) atoms. The summed E-state index contributed by atoms with van der Waals surface area (Å²) in [6, 6.07) is 10.8. The predicted octanol–water partition coefficient (Wildman–Crippen LogP) is 2.29. The number of carbonyl (C=O) groups is 1. The van der Waals surface area contributed by atoms with Gasteiger partial charge in [-0.05, 0) is 30.3 Å². The Morgan fingerprint density at radius 3 is 2.58 bits per heavy atom. The van der Waals surface area contributed by atoms with E-state index in [0.717, 1.165) is 11.2 Å². The third kappa shape index (κ3) is 2.81. The summed E-state index contributed by atoms with van der Waals surface area (Å²) in [5.74, 6) is -0.210. The molecule has 1 heterocycles. The van der Waals surface area contributed by atoms with Gasteiger partial charge in [0, 0.05) is 33.3 Å². The molecule has 3 aromatic rings. The number of rotatable bonds is 4. The number of hydrogen-bond donors (Lipinski definition) is 1. The number of nitrogens with zero attached hydrogens (tertiary/aromatic N) is 3. The highest BCUT2D eigenvalue weighted by molar-refractivity contribution is 5.84. The van der Waals surface area contributed by atoms with Gasteiger partial charge in [-0.25, -0.2) is 4.79 Å². The second-order valence-corrected chi connectivity index (χ2v) is 6.27. The molecule has 7 heteroatoms. The molecule has 0 aliphatic rings. The Labute approximate surface area is 151 Å². The summed E-state index contributed by atoms with van der Waals surface area (Å²) in [6.07, 6.45) is 0.213. The highest BCUT2D eigenvalue weighted by Crippen LogP contribution is 2.32. The molecule has 0 saturated carbocycles. The average molecular weight is 354 g/mol. The molecule has 7 nitrogen and oxygen atoms in total. The number of anilines is 2. The first-order chi connectivity index (χ1) is 12.3. The molecule has 0 spiro atoms. The van der Waals surface area contributed by atoms with Crippen molar-refractivity contribution in [3.8, 4) is 11.4 Å². The van der Waals surface area contributed by atoms with Crippen molar-refractivity contribution in [3.63, 3.8) is 0 Å². The van der Waals surface area contributed by atoms with Gasteiger partial charge in [0.1, 0.15) is 0 Å². The standard InChI is InChI=1S/C19H22N4O3/c1-5-17(24)26-18-13(20)7-6-8-15(18)23-14-10-9-12(21(2)3)11-16(14)22(4)19(23)25/h6-11H,5,20H2,1-4H3. The Bertz CT molecular complexity index is 1050. The fraction of sp³-hybridized carbons (Fsp3) is 0.263. The predicted molar refractivity (Wildman–Crippen MR) is 103 cm³/mol. The van der Waals surface area contributed by atoms with Crippen molar-refractivity contribution in [2.75, 3.05) is 24.7 Å². The van der Waals surface area contributed by atoms with Gasteiger partial charge in [-0.3, -0.25) is 13.9 Å². The van der Waals surface area contributed by atoms with E-state index in [0.29, 0.717) is 16.9 Å². The summed E-state index contributed by atoms with van der Waals surface area (Å²) in [5.41, 5.74) is 9.00. The zero-order valence-electron chi connectivity index (χ0n) is 15.3. The summed E-state index contributed by atoms with van der Waals surface area (Å²) in [4.78, 5) is 26.7. The van der Waals surface area contributed by atoms with E-state index < -0.39 is 5.97 Å². The molecule has 0 aliphatic carbocycles. The van der Waals surface area contributed by atoms with E-state index in [1.54, 1.807) is 36.7 Å². The average Bonchev–Trinajstić information content (AvgIpc) is 2.87. The Kier molecular flexibility index (Phi) is 4.46. The van der Waals surface area contributed by atoms with E-state index in [1.165, 1.54) is 4.57 Å². The summed E-state index contributed by atoms with van der Waals surface area (Å²) >= 11 is 0. The Balaban J connectivity index is 2.30. The van der Waals surface area contributed by atoms with Gasteiger partial charge < -0.3 is 15.4 Å². The highest BCUT2D eigenvalue weighted by atomic mass is 16.5. The summed E-state index contributed by atoms with van der Waals surface area (Å²) in [7, 11) is 5.59. The van der Waals surface area contributed by atoms with Gasteiger partial charge in [0.25, 0.3) is 0 Å². The van der Waals surface area contributed by atoms with Crippen LogP contribution in [0.1, 0.15) is 13.3 Å². The number of carbonyl (C=O) groups excluding carboxylic acids is 1. The molecule has 0 bridgehead atoms. The smallest absolute Gasteiger partial charge is 0.333 e. The molecule has 0 fully saturated rings. The number of para-hydroxylation sites is 1. The van der Waals surface area contributed by atoms with Crippen LogP contribution in [0.15, 0.2) is 41.2 Å². The van der Waals surface area contributed by atoms with Crippen LogP contribution in [0.4, 0.5) is 11.4 Å². The van der Waals surface area contributed by atoms with Gasteiger partial charge in [-0.15, -0.1) is 0 Å². The van der Waals surface area contributed by atoms with E-state index in [1.807, 2.05) is 37.2 Å². The van der Waals surface area contributed by atoms with Crippen LogP contribution >= 0.6 is 0 Å². The molecule has 0 unspecified atom stereocenters. The minimum atomic E-state index is -0.410. The normalized spacial score (nSPS) is 10.9. The highest BCUT2D eigenvalue weighted by Gasteiger charge is 2.19. The number of hydrogen-bond acceptors (Lipinski definition) is 5. The van der Waals surface area contributed by atoms with Crippen LogP contribution in [0.5, 0.6) is 5.75 Å². The van der Waals surface area contributed by atoms with E-state index in [9.17, 15) is 9.59 Å². The zero-order valence-corrected chi connectivity index (χ0v) is 15.3. The number of nitrogen functional groups attached to an aromatic ring is 1. The van der Waals surface area contributed by atoms with Crippen LogP contribution in [0.25, 0.3) is 16.7 Å². The van der Waals surface area contributed by atoms with Gasteiger partial charge >= 0.3 is 11.7 Å². The van der Waals surface area contributed by atoms with Crippen LogP contribution in [0.3, 0.4) is 0 Å². The first-order valence-electron chi connectivity index (χ1n) is 8.33. The minimum Gasteiger partial charge on any atom is -0.422 e. The molecule has 2 N–H and O–H groups in total. The molecule has 0 radical (unpaired) electrons. The van der Waals surface area contributed by atoms with Crippen LogP contribution in [0, 0.1) is 0 Å². The van der Waals surface area contributed by atoms with Crippen LogP contribution in [-0.2, 0) is 11.8 Å². The summed E-state index contributed by atoms with van der Waals surface area (Å²) in [5, 5.41) is 0. The summed E-state index contributed by atoms with van der Waals surface area (Å²) < 4.78 is 8.50. The van der Waals surface area contributed by atoms with Crippen LogP contribution in [-0.4, -0.2) is 29.2 Å². The second kappa shape index (κ2) is 6.59. The first kappa shape index (κ1) is 17.6. The van der Waals surface area contributed by atoms with Gasteiger partial charge in [0.05, 0.1) is 22.4 Å². The van der Waals surface area contributed by atoms with Crippen molar-refractivity contribution < 1.29 is 9.53 Å². The maximum Gasteiger partial charge on any atom is 0.333 e. The number of aromatic nitrogens is 2. The Morgan fingerprint density at radius 1 is 1.19 bits per heavy atom. The summed E-state index contributed by atoms with van der Waals surface area (Å²) in [6.45, 7) is 1.70. The quantitative estimate of drug-likeness (QED) is 0.442. The SMILES string of the molecule is CCC(=O)Oc1c(N)cccc1-n1c(=O)n(C)c2cc(N(C)C)ccc21. The Morgan fingerprint density at radius 2 is 1.92 bits per heavy atom. The lowest BCUT2D eigenvalue weighted by Gasteiger charge is -2.14. The lowest BCUT2D eigenvalue weighted by Crippen LogP contribution is -2.22. The lowest BCUT2D eigenvalue weighted by molar-refractivity contribution is -0.133. The molecule has 0 amide bonds. The maximum atomic E-state index is 12.9. The first-order valence-corrected chi connectivity index (χ1v) is 8.33. The third-order valence-corrected chi connectivity index (χ3v) is 4.33. The molecular weight excluding hydrogens is 332 g/mol. The molecule has 0 atom stereocenters. The van der Waals surface area contributed by atoms with Gasteiger partial charge in [0.15, 0.2) is 5.75 Å². The van der Waals surface area contributed by atoms with Gasteiger partial charge in [0.2, 0.25) is 0 Å². The molecule has 0 saturated heterocycles. The van der Waals surface area contributed by atoms with Gasteiger partial charge in [-0.1, -0.05) is 13.0 Å². The van der Waals surface area contributed by atoms with Crippen molar-refractivity contribution >= 4 is 28.4 Å². The second-order valence-electron chi connectivity index (χ2n) is 6.27. The zero-order chi connectivity index (χ0) is 19.0. The van der Waals surface area contributed by atoms with Crippen LogP contribution in [0.2, 0.25) is 0 Å². The third-order valence-electron chi connectivity index (χ3n) is 4.33. The fourth-order valence-corrected chi connectivity index (χ4v) is 2.85. The van der Waals surface area contributed by atoms with E-state index in [4.69, 9.17) is 10.5 Å². The topological polar surface area (TPSA) is 82.5 Å². The number of imidazole rings is 1. The maximum absolute atomic E-state index is 12.9. The van der Waals surface area contributed by atoms with Crippen molar-refractivity contribution in [2.24, 2.45) is 7.05 Å². The Hall–Kier alpha value is -3.22. The van der Waals surface area contributed by atoms with Crippen molar-refractivity contribution in [3.05, 3.63) is 46.9 Å². The van der Waals surface area contributed by atoms with Crippen LogP contribution < -0.4 is 21.1 Å². The lowest BCUT2D eigenvalue weighted by atomic mass is 10.2.